The molecule has 2 aromatic carbocycles. The van der Waals surface area contributed by atoms with Crippen LogP contribution in [0.2, 0.25) is 0 Å². The van der Waals surface area contributed by atoms with Gasteiger partial charge in [0, 0.05) is 17.8 Å². The van der Waals surface area contributed by atoms with Crippen LogP contribution in [0, 0.1) is 5.92 Å². The Kier molecular flexibility index (Phi) is 7.70. The molecule has 0 spiro atoms. The fourth-order valence-electron chi connectivity index (χ4n) is 3.36. The molecular weight excluding hydrogens is 476 g/mol. The average Bonchev–Trinajstić information content (AvgIpc) is 3.40. The molecule has 4 rings (SSSR count). The first kappa shape index (κ1) is 25.0. The molecule has 0 unspecified atom stereocenters. The van der Waals surface area contributed by atoms with E-state index in [-0.39, 0.29) is 23.1 Å². The molecule has 0 bridgehead atoms. The van der Waals surface area contributed by atoms with E-state index in [4.69, 9.17) is 9.47 Å². The number of pyridine rings is 1. The zero-order valence-corrected chi connectivity index (χ0v) is 21.2. The highest BCUT2D eigenvalue weighted by Gasteiger charge is 2.25. The Balaban J connectivity index is 1.49. The molecule has 2 aromatic heterocycles. The second kappa shape index (κ2) is 11.1. The number of hydrogen-bond acceptors (Lipinski definition) is 8. The molecule has 0 aliphatic carbocycles. The third-order valence-corrected chi connectivity index (χ3v) is 6.53. The second-order valence-electron chi connectivity index (χ2n) is 8.35. The lowest BCUT2D eigenvalue weighted by Gasteiger charge is -2.15. The third-order valence-electron chi connectivity index (χ3n) is 5.38. The Morgan fingerprint density at radius 2 is 1.56 bits per heavy atom. The van der Waals surface area contributed by atoms with Gasteiger partial charge in [-0.3, -0.25) is 9.59 Å². The topological polar surface area (TPSA) is 103 Å². The minimum absolute atomic E-state index is 0.0140. The molecule has 0 fully saturated rings. The van der Waals surface area contributed by atoms with E-state index < -0.39 is 17.9 Å². The molecule has 1 amide bonds. The molecule has 0 radical (unpaired) electrons. The van der Waals surface area contributed by atoms with Crippen LogP contribution in [0.5, 0.6) is 11.5 Å². The summed E-state index contributed by atoms with van der Waals surface area (Å²) in [7, 11) is 1.43. The minimum atomic E-state index is -0.517. The highest BCUT2D eigenvalue weighted by Crippen LogP contribution is 2.32. The highest BCUT2D eigenvalue weighted by atomic mass is 32.1. The quantitative estimate of drug-likeness (QED) is 0.325. The van der Waals surface area contributed by atoms with E-state index in [1.54, 1.807) is 20.8 Å². The molecule has 9 heteroatoms. The predicted octanol–water partition coefficient (Wildman–Crippen LogP) is 5.33. The van der Waals surface area contributed by atoms with Gasteiger partial charge in [-0.15, -0.1) is 10.2 Å². The van der Waals surface area contributed by atoms with E-state index in [1.165, 1.54) is 30.7 Å². The number of carbonyl (C=O) groups is 2. The number of benzene rings is 2. The first-order valence-electron chi connectivity index (χ1n) is 11.4. The Morgan fingerprint density at radius 3 is 2.22 bits per heavy atom. The molecule has 4 aromatic rings. The summed E-state index contributed by atoms with van der Waals surface area (Å²) in [5, 5.41) is 12.8. The molecule has 1 N–H and O–H groups in total. The Labute approximate surface area is 213 Å². The Hall–Kier alpha value is -4.11. The van der Waals surface area contributed by atoms with Crippen LogP contribution in [0.3, 0.4) is 0 Å². The van der Waals surface area contributed by atoms with E-state index in [9.17, 15) is 9.59 Å². The summed E-state index contributed by atoms with van der Waals surface area (Å²) in [6.07, 6.45) is 1.42. The van der Waals surface area contributed by atoms with Gasteiger partial charge < -0.3 is 14.8 Å². The number of rotatable bonds is 8. The van der Waals surface area contributed by atoms with Crippen LogP contribution in [-0.4, -0.2) is 34.2 Å². The number of nitrogens with zero attached hydrogens (tertiary/aromatic N) is 3. The molecular formula is C27H26N4O4S. The largest absolute Gasteiger partial charge is 0.493 e. The van der Waals surface area contributed by atoms with Crippen molar-refractivity contribution in [2.75, 3.05) is 7.11 Å². The van der Waals surface area contributed by atoms with Gasteiger partial charge >= 0.3 is 5.97 Å². The first-order valence-corrected chi connectivity index (χ1v) is 12.2. The zero-order chi connectivity index (χ0) is 25.7. The Morgan fingerprint density at radius 1 is 0.889 bits per heavy atom. The van der Waals surface area contributed by atoms with Crippen molar-refractivity contribution in [2.24, 2.45) is 5.92 Å². The van der Waals surface area contributed by atoms with Gasteiger partial charge in [-0.05, 0) is 18.1 Å². The SMILES string of the molecule is COc1ccnc(C(=O)N[C@@H](C)c2nnc(-c3ccc(-c4ccccc4)cc3)s2)c1OC(=O)C(C)C. The molecule has 0 saturated carbocycles. The Bertz CT molecular complexity index is 1350. The number of amides is 1. The summed E-state index contributed by atoms with van der Waals surface area (Å²) in [4.78, 5) is 29.4. The van der Waals surface area contributed by atoms with Gasteiger partial charge in [-0.25, -0.2) is 4.98 Å². The molecule has 0 aliphatic rings. The fraction of sp³-hybridized carbons (Fsp3) is 0.222. The summed E-state index contributed by atoms with van der Waals surface area (Å²) in [6.45, 7) is 5.21. The van der Waals surface area contributed by atoms with Crippen molar-refractivity contribution in [3.8, 4) is 33.2 Å². The van der Waals surface area contributed by atoms with Crippen LogP contribution in [0.15, 0.2) is 66.9 Å². The van der Waals surface area contributed by atoms with Gasteiger partial charge in [-0.1, -0.05) is 79.8 Å². The smallest absolute Gasteiger partial charge is 0.313 e. The van der Waals surface area contributed by atoms with E-state index in [0.29, 0.717) is 5.01 Å². The van der Waals surface area contributed by atoms with Crippen LogP contribution in [0.4, 0.5) is 0 Å². The fourth-order valence-corrected chi connectivity index (χ4v) is 4.21. The predicted molar refractivity (Wildman–Crippen MR) is 138 cm³/mol. The van der Waals surface area contributed by atoms with Gasteiger partial charge in [0.05, 0.1) is 19.1 Å². The molecule has 0 aliphatic heterocycles. The normalized spacial score (nSPS) is 11.7. The lowest BCUT2D eigenvalue weighted by Crippen LogP contribution is -2.28. The number of aromatic nitrogens is 3. The number of hydrogen-bond donors (Lipinski definition) is 1. The monoisotopic (exact) mass is 502 g/mol. The number of ether oxygens (including phenoxy) is 2. The number of esters is 1. The van der Waals surface area contributed by atoms with Gasteiger partial charge in [0.1, 0.15) is 10.0 Å². The van der Waals surface area contributed by atoms with E-state index in [0.717, 1.165) is 21.7 Å². The highest BCUT2D eigenvalue weighted by molar-refractivity contribution is 7.14. The summed E-state index contributed by atoms with van der Waals surface area (Å²) in [5.41, 5.74) is 3.15. The van der Waals surface area contributed by atoms with Gasteiger partial charge in [-0.2, -0.15) is 0 Å². The van der Waals surface area contributed by atoms with Crippen molar-refractivity contribution in [1.82, 2.24) is 20.5 Å². The van der Waals surface area contributed by atoms with Crippen LogP contribution in [-0.2, 0) is 4.79 Å². The molecule has 1 atom stereocenters. The van der Waals surface area contributed by atoms with Crippen molar-refractivity contribution in [3.05, 3.63) is 77.6 Å². The van der Waals surface area contributed by atoms with E-state index >= 15 is 0 Å². The maximum atomic E-state index is 13.1. The van der Waals surface area contributed by atoms with Crippen LogP contribution >= 0.6 is 11.3 Å². The van der Waals surface area contributed by atoms with Crippen molar-refractivity contribution in [3.63, 3.8) is 0 Å². The summed E-state index contributed by atoms with van der Waals surface area (Å²) < 4.78 is 10.7. The van der Waals surface area contributed by atoms with Crippen molar-refractivity contribution in [1.29, 1.82) is 0 Å². The second-order valence-corrected chi connectivity index (χ2v) is 9.36. The standard InChI is InChI=1S/C27H26N4O4S/c1-16(2)27(33)35-23-21(34-4)14-15-28-22(23)24(32)29-17(3)25-30-31-26(36-25)20-12-10-19(11-13-20)18-8-6-5-7-9-18/h5-17H,1-4H3,(H,29,32)/t17-/m0/s1. The van der Waals surface area contributed by atoms with Crippen molar-refractivity contribution < 1.29 is 19.1 Å². The molecule has 184 valence electrons. The van der Waals surface area contributed by atoms with E-state index in [1.807, 2.05) is 42.5 Å². The molecule has 2 heterocycles. The van der Waals surface area contributed by atoms with Gasteiger partial charge in [0.2, 0.25) is 5.75 Å². The molecule has 0 saturated heterocycles. The van der Waals surface area contributed by atoms with Crippen LogP contribution in [0.1, 0.15) is 42.3 Å². The van der Waals surface area contributed by atoms with Gasteiger partial charge in [0.15, 0.2) is 11.4 Å². The third kappa shape index (κ3) is 5.58. The molecule has 8 nitrogen and oxygen atoms in total. The maximum absolute atomic E-state index is 13.1. The summed E-state index contributed by atoms with van der Waals surface area (Å²) in [5.74, 6) is -1.16. The summed E-state index contributed by atoms with van der Waals surface area (Å²) in [6, 6.07) is 19.3. The van der Waals surface area contributed by atoms with E-state index in [2.05, 4.69) is 32.6 Å². The number of carbonyl (C=O) groups excluding carboxylic acids is 2. The summed E-state index contributed by atoms with van der Waals surface area (Å²) >= 11 is 1.39. The van der Waals surface area contributed by atoms with Gasteiger partial charge in [0.25, 0.3) is 5.91 Å². The average molecular weight is 503 g/mol. The zero-order valence-electron chi connectivity index (χ0n) is 20.4. The number of nitrogens with one attached hydrogen (secondary N) is 1. The van der Waals surface area contributed by atoms with Crippen LogP contribution in [0.25, 0.3) is 21.7 Å². The number of methoxy groups -OCH3 is 1. The van der Waals surface area contributed by atoms with Crippen LogP contribution < -0.4 is 14.8 Å². The lowest BCUT2D eigenvalue weighted by atomic mass is 10.0. The van der Waals surface area contributed by atoms with Crippen molar-refractivity contribution in [2.45, 2.75) is 26.8 Å². The maximum Gasteiger partial charge on any atom is 0.313 e. The minimum Gasteiger partial charge on any atom is -0.493 e. The molecule has 36 heavy (non-hydrogen) atoms. The lowest BCUT2D eigenvalue weighted by molar-refractivity contribution is -0.137. The van der Waals surface area contributed by atoms with Crippen molar-refractivity contribution >= 4 is 23.2 Å². The first-order chi connectivity index (χ1) is 17.4.